The number of nitrogens with one attached hydrogen (secondary N) is 2. The topological polar surface area (TPSA) is 66.9 Å². The molecule has 5 heteroatoms. The number of aromatic nitrogens is 2. The van der Waals surface area contributed by atoms with Crippen molar-refractivity contribution < 1.29 is 4.79 Å². The van der Waals surface area contributed by atoms with Crippen LogP contribution >= 0.6 is 0 Å². The van der Waals surface area contributed by atoms with E-state index in [-0.39, 0.29) is 6.03 Å². The highest BCUT2D eigenvalue weighted by molar-refractivity contribution is 5.73. The molecule has 0 atom stereocenters. The second kappa shape index (κ2) is 7.87. The third kappa shape index (κ3) is 4.39. The van der Waals surface area contributed by atoms with Crippen LogP contribution in [0.3, 0.4) is 0 Å². The largest absolute Gasteiger partial charge is 0.334 e. The molecule has 3 rings (SSSR count). The maximum Gasteiger partial charge on any atom is 0.315 e. The van der Waals surface area contributed by atoms with Crippen LogP contribution in [-0.4, -0.2) is 16.0 Å². The van der Waals surface area contributed by atoms with Crippen LogP contribution in [0, 0.1) is 0 Å². The summed E-state index contributed by atoms with van der Waals surface area (Å²) in [5.74, 6) is 0. The summed E-state index contributed by atoms with van der Waals surface area (Å²) in [6, 6.07) is 19.1. The van der Waals surface area contributed by atoms with Gasteiger partial charge in [-0.15, -0.1) is 0 Å². The highest BCUT2D eigenvalue weighted by atomic mass is 16.2. The summed E-state index contributed by atoms with van der Waals surface area (Å²) in [4.78, 5) is 20.5. The molecule has 0 unspecified atom stereocenters. The number of rotatable bonds is 5. The average molecular weight is 318 g/mol. The Morgan fingerprint density at radius 2 is 1.46 bits per heavy atom. The molecule has 0 radical (unpaired) electrons. The van der Waals surface area contributed by atoms with E-state index in [1.807, 2.05) is 60.7 Å². The van der Waals surface area contributed by atoms with Gasteiger partial charge in [-0.05, 0) is 29.3 Å². The molecule has 0 aliphatic carbocycles. The SMILES string of the molecule is O=C(NCc1ccccc1)NCc1ccc(-c2ccccn2)nc1. The molecule has 3 aromatic rings. The van der Waals surface area contributed by atoms with Crippen molar-refractivity contribution in [2.45, 2.75) is 13.1 Å². The zero-order chi connectivity index (χ0) is 16.6. The van der Waals surface area contributed by atoms with Crippen LogP contribution in [0.4, 0.5) is 4.79 Å². The van der Waals surface area contributed by atoms with Crippen LogP contribution in [0.1, 0.15) is 11.1 Å². The molecule has 0 saturated heterocycles. The predicted octanol–water partition coefficient (Wildman–Crippen LogP) is 3.14. The van der Waals surface area contributed by atoms with Gasteiger partial charge in [-0.1, -0.05) is 42.5 Å². The van der Waals surface area contributed by atoms with Crippen LogP contribution in [0.25, 0.3) is 11.4 Å². The van der Waals surface area contributed by atoms with Crippen molar-refractivity contribution in [1.29, 1.82) is 0 Å². The van der Waals surface area contributed by atoms with Gasteiger partial charge in [-0.2, -0.15) is 0 Å². The van der Waals surface area contributed by atoms with Gasteiger partial charge in [0.05, 0.1) is 11.4 Å². The summed E-state index contributed by atoms with van der Waals surface area (Å²) in [6.07, 6.45) is 3.49. The van der Waals surface area contributed by atoms with E-state index in [1.54, 1.807) is 12.4 Å². The zero-order valence-corrected chi connectivity index (χ0v) is 13.1. The molecule has 0 saturated carbocycles. The number of urea groups is 1. The van der Waals surface area contributed by atoms with Gasteiger partial charge >= 0.3 is 6.03 Å². The summed E-state index contributed by atoms with van der Waals surface area (Å²) in [6.45, 7) is 0.930. The monoisotopic (exact) mass is 318 g/mol. The normalized spacial score (nSPS) is 10.2. The predicted molar refractivity (Wildman–Crippen MR) is 93.0 cm³/mol. The van der Waals surface area contributed by atoms with Gasteiger partial charge in [-0.25, -0.2) is 4.79 Å². The van der Waals surface area contributed by atoms with Gasteiger partial charge in [0, 0.05) is 25.5 Å². The molecular formula is C19H18N4O. The smallest absolute Gasteiger partial charge is 0.315 e. The molecule has 0 bridgehead atoms. The van der Waals surface area contributed by atoms with E-state index < -0.39 is 0 Å². The first-order valence-corrected chi connectivity index (χ1v) is 7.73. The third-order valence-corrected chi connectivity index (χ3v) is 3.50. The minimum absolute atomic E-state index is 0.201. The van der Waals surface area contributed by atoms with E-state index in [1.165, 1.54) is 0 Å². The van der Waals surface area contributed by atoms with Crippen molar-refractivity contribution >= 4 is 6.03 Å². The molecule has 0 aliphatic heterocycles. The number of hydrogen-bond acceptors (Lipinski definition) is 3. The Balaban J connectivity index is 1.49. The van der Waals surface area contributed by atoms with E-state index in [2.05, 4.69) is 20.6 Å². The molecule has 2 aromatic heterocycles. The molecule has 0 aliphatic rings. The number of carbonyl (C=O) groups excluding carboxylic acids is 1. The van der Waals surface area contributed by atoms with Gasteiger partial charge in [0.25, 0.3) is 0 Å². The number of carbonyl (C=O) groups is 1. The summed E-state index contributed by atoms with van der Waals surface area (Å²) in [5.41, 5.74) is 3.64. The minimum Gasteiger partial charge on any atom is -0.334 e. The molecule has 2 amide bonds. The lowest BCUT2D eigenvalue weighted by Gasteiger charge is -2.08. The molecule has 0 spiro atoms. The van der Waals surface area contributed by atoms with Crippen molar-refractivity contribution in [3.8, 4) is 11.4 Å². The molecule has 120 valence electrons. The lowest BCUT2D eigenvalue weighted by Crippen LogP contribution is -2.34. The van der Waals surface area contributed by atoms with Crippen molar-refractivity contribution in [2.75, 3.05) is 0 Å². The fourth-order valence-electron chi connectivity index (χ4n) is 2.22. The molecule has 5 nitrogen and oxygen atoms in total. The van der Waals surface area contributed by atoms with Crippen LogP contribution in [0.2, 0.25) is 0 Å². The Morgan fingerprint density at radius 1 is 0.750 bits per heavy atom. The zero-order valence-electron chi connectivity index (χ0n) is 13.1. The quantitative estimate of drug-likeness (QED) is 0.759. The highest BCUT2D eigenvalue weighted by Gasteiger charge is 2.03. The van der Waals surface area contributed by atoms with Crippen LogP contribution in [-0.2, 0) is 13.1 Å². The van der Waals surface area contributed by atoms with E-state index in [9.17, 15) is 4.79 Å². The Morgan fingerprint density at radius 3 is 2.12 bits per heavy atom. The Bertz CT molecular complexity index is 773. The fraction of sp³-hybridized carbons (Fsp3) is 0.105. The molecular weight excluding hydrogens is 300 g/mol. The first kappa shape index (κ1) is 15.7. The van der Waals surface area contributed by atoms with Crippen LogP contribution in [0.15, 0.2) is 73.1 Å². The van der Waals surface area contributed by atoms with Crippen molar-refractivity contribution in [1.82, 2.24) is 20.6 Å². The van der Waals surface area contributed by atoms with Gasteiger partial charge in [-0.3, -0.25) is 9.97 Å². The summed E-state index contributed by atoms with van der Waals surface area (Å²) < 4.78 is 0. The standard InChI is InChI=1S/C19H18N4O/c24-19(22-12-15-6-2-1-3-7-15)23-14-16-9-10-18(21-13-16)17-8-4-5-11-20-17/h1-11,13H,12,14H2,(H2,22,23,24). The molecule has 24 heavy (non-hydrogen) atoms. The van der Waals surface area contributed by atoms with E-state index in [0.29, 0.717) is 13.1 Å². The number of amides is 2. The average Bonchev–Trinajstić information content (AvgIpc) is 2.67. The van der Waals surface area contributed by atoms with Gasteiger partial charge in [0.15, 0.2) is 0 Å². The van der Waals surface area contributed by atoms with Crippen molar-refractivity contribution in [2.24, 2.45) is 0 Å². The van der Waals surface area contributed by atoms with Crippen LogP contribution in [0.5, 0.6) is 0 Å². The summed E-state index contributed by atoms with van der Waals surface area (Å²) >= 11 is 0. The highest BCUT2D eigenvalue weighted by Crippen LogP contribution is 2.13. The lowest BCUT2D eigenvalue weighted by atomic mass is 10.2. The van der Waals surface area contributed by atoms with E-state index in [0.717, 1.165) is 22.5 Å². The Labute approximate surface area is 140 Å². The van der Waals surface area contributed by atoms with Gasteiger partial charge < -0.3 is 10.6 Å². The summed E-state index contributed by atoms with van der Waals surface area (Å²) in [5, 5.41) is 5.65. The maximum absolute atomic E-state index is 11.8. The number of hydrogen-bond donors (Lipinski definition) is 2. The second-order valence-corrected chi connectivity index (χ2v) is 5.29. The second-order valence-electron chi connectivity index (χ2n) is 5.29. The van der Waals surface area contributed by atoms with Gasteiger partial charge in [0.1, 0.15) is 0 Å². The number of pyridine rings is 2. The first-order chi connectivity index (χ1) is 11.8. The third-order valence-electron chi connectivity index (χ3n) is 3.50. The van der Waals surface area contributed by atoms with Crippen molar-refractivity contribution in [3.63, 3.8) is 0 Å². The number of nitrogens with zero attached hydrogens (tertiary/aromatic N) is 2. The van der Waals surface area contributed by atoms with Crippen LogP contribution < -0.4 is 10.6 Å². The fourth-order valence-corrected chi connectivity index (χ4v) is 2.22. The molecule has 2 heterocycles. The van der Waals surface area contributed by atoms with E-state index in [4.69, 9.17) is 0 Å². The number of benzene rings is 1. The first-order valence-electron chi connectivity index (χ1n) is 7.73. The minimum atomic E-state index is -0.201. The van der Waals surface area contributed by atoms with Crippen molar-refractivity contribution in [3.05, 3.63) is 84.2 Å². The molecule has 2 N–H and O–H groups in total. The molecule has 0 fully saturated rings. The maximum atomic E-state index is 11.8. The Hall–Kier alpha value is -3.21. The Kier molecular flexibility index (Phi) is 5.14. The van der Waals surface area contributed by atoms with E-state index >= 15 is 0 Å². The summed E-state index contributed by atoms with van der Waals surface area (Å²) in [7, 11) is 0. The lowest BCUT2D eigenvalue weighted by molar-refractivity contribution is 0.240. The molecule has 1 aromatic carbocycles. The van der Waals surface area contributed by atoms with Gasteiger partial charge in [0.2, 0.25) is 0 Å².